The molecular formula is C28H34FN3O2. The SMILES string of the molecule is CCCCCN(C(=O)C1CCCC1)C(CC)c1nc2ccccc2c(=O)n1-c1ccc(F)cc1. The Balaban J connectivity index is 1.88. The molecule has 6 heteroatoms. The van der Waals surface area contributed by atoms with Gasteiger partial charge in [-0.2, -0.15) is 0 Å². The van der Waals surface area contributed by atoms with Crippen molar-refractivity contribution in [2.75, 3.05) is 6.54 Å². The van der Waals surface area contributed by atoms with E-state index in [1.807, 2.05) is 30.0 Å². The van der Waals surface area contributed by atoms with Crippen LogP contribution in [0.4, 0.5) is 4.39 Å². The van der Waals surface area contributed by atoms with Crippen LogP contribution in [0.3, 0.4) is 0 Å². The van der Waals surface area contributed by atoms with Gasteiger partial charge in [-0.25, -0.2) is 9.37 Å². The number of rotatable bonds is 9. The molecule has 1 atom stereocenters. The summed E-state index contributed by atoms with van der Waals surface area (Å²) in [5.41, 5.74) is 0.966. The maximum Gasteiger partial charge on any atom is 0.266 e. The van der Waals surface area contributed by atoms with Gasteiger partial charge in [-0.1, -0.05) is 51.7 Å². The van der Waals surface area contributed by atoms with Gasteiger partial charge in [0.15, 0.2) is 0 Å². The molecule has 0 aliphatic heterocycles. The largest absolute Gasteiger partial charge is 0.332 e. The van der Waals surface area contributed by atoms with Crippen LogP contribution in [0.15, 0.2) is 53.3 Å². The third-order valence-corrected chi connectivity index (χ3v) is 6.94. The van der Waals surface area contributed by atoms with Crippen molar-refractivity contribution in [1.29, 1.82) is 0 Å². The number of halogens is 1. The minimum Gasteiger partial charge on any atom is -0.332 e. The molecule has 1 amide bonds. The molecule has 2 aromatic carbocycles. The molecule has 1 aliphatic carbocycles. The lowest BCUT2D eigenvalue weighted by atomic mass is 10.0. The summed E-state index contributed by atoms with van der Waals surface area (Å²) >= 11 is 0. The number of unbranched alkanes of at least 4 members (excludes halogenated alkanes) is 2. The van der Waals surface area contributed by atoms with Gasteiger partial charge in [0.25, 0.3) is 5.56 Å². The summed E-state index contributed by atoms with van der Waals surface area (Å²) in [6.45, 7) is 4.83. The number of benzene rings is 2. The number of fused-ring (bicyclic) bond motifs is 1. The van der Waals surface area contributed by atoms with Crippen molar-refractivity contribution in [3.8, 4) is 5.69 Å². The summed E-state index contributed by atoms with van der Waals surface area (Å²) in [6, 6.07) is 12.8. The minimum atomic E-state index is -0.364. The second-order valence-corrected chi connectivity index (χ2v) is 9.25. The highest BCUT2D eigenvalue weighted by Crippen LogP contribution is 2.32. The molecule has 1 aliphatic rings. The predicted octanol–water partition coefficient (Wildman–Crippen LogP) is 6.18. The predicted molar refractivity (Wildman–Crippen MR) is 134 cm³/mol. The zero-order valence-electron chi connectivity index (χ0n) is 20.2. The number of hydrogen-bond donors (Lipinski definition) is 0. The summed E-state index contributed by atoms with van der Waals surface area (Å²) in [5, 5.41) is 0.505. The van der Waals surface area contributed by atoms with E-state index in [4.69, 9.17) is 4.98 Å². The fourth-order valence-electron chi connectivity index (χ4n) is 5.11. The fourth-order valence-corrected chi connectivity index (χ4v) is 5.11. The Hall–Kier alpha value is -3.02. The van der Waals surface area contributed by atoms with E-state index in [2.05, 4.69) is 6.92 Å². The number of hydrogen-bond acceptors (Lipinski definition) is 3. The minimum absolute atomic E-state index is 0.0436. The molecule has 4 rings (SSSR count). The molecule has 34 heavy (non-hydrogen) atoms. The molecule has 0 spiro atoms. The first-order valence-electron chi connectivity index (χ1n) is 12.6. The van der Waals surface area contributed by atoms with Crippen molar-refractivity contribution >= 4 is 16.8 Å². The number of nitrogens with zero attached hydrogens (tertiary/aromatic N) is 3. The Morgan fingerprint density at radius 1 is 1.09 bits per heavy atom. The van der Waals surface area contributed by atoms with E-state index < -0.39 is 0 Å². The molecule has 0 bridgehead atoms. The first kappa shape index (κ1) is 24.1. The summed E-state index contributed by atoms with van der Waals surface area (Å²) in [4.78, 5) is 34.3. The van der Waals surface area contributed by atoms with Crippen LogP contribution in [0.25, 0.3) is 16.6 Å². The van der Waals surface area contributed by atoms with Gasteiger partial charge in [-0.3, -0.25) is 14.2 Å². The summed E-state index contributed by atoms with van der Waals surface area (Å²) in [5.74, 6) is 0.396. The van der Waals surface area contributed by atoms with Gasteiger partial charge < -0.3 is 4.90 Å². The van der Waals surface area contributed by atoms with E-state index >= 15 is 0 Å². The number of carbonyl (C=O) groups is 1. The van der Waals surface area contributed by atoms with Gasteiger partial charge in [0, 0.05) is 12.5 Å². The van der Waals surface area contributed by atoms with Gasteiger partial charge in [0.2, 0.25) is 5.91 Å². The van der Waals surface area contributed by atoms with Crippen LogP contribution in [0, 0.1) is 11.7 Å². The average Bonchev–Trinajstić information content (AvgIpc) is 3.39. The molecule has 0 N–H and O–H groups in total. The first-order chi connectivity index (χ1) is 16.5. The van der Waals surface area contributed by atoms with Crippen LogP contribution in [-0.2, 0) is 4.79 Å². The third kappa shape index (κ3) is 4.91. The highest BCUT2D eigenvalue weighted by Gasteiger charge is 2.33. The van der Waals surface area contributed by atoms with Gasteiger partial charge in [-0.05, 0) is 62.1 Å². The van der Waals surface area contributed by atoms with Crippen molar-refractivity contribution in [3.63, 3.8) is 0 Å². The second kappa shape index (κ2) is 10.9. The van der Waals surface area contributed by atoms with Crippen molar-refractivity contribution in [1.82, 2.24) is 14.5 Å². The topological polar surface area (TPSA) is 55.2 Å². The lowest BCUT2D eigenvalue weighted by molar-refractivity contribution is -0.138. The second-order valence-electron chi connectivity index (χ2n) is 9.25. The van der Waals surface area contributed by atoms with E-state index in [0.29, 0.717) is 35.4 Å². The Morgan fingerprint density at radius 3 is 2.47 bits per heavy atom. The zero-order valence-corrected chi connectivity index (χ0v) is 20.2. The van der Waals surface area contributed by atoms with Crippen LogP contribution in [0.2, 0.25) is 0 Å². The maximum absolute atomic E-state index is 13.7. The Kier molecular flexibility index (Phi) is 7.76. The Morgan fingerprint density at radius 2 is 1.79 bits per heavy atom. The van der Waals surface area contributed by atoms with Crippen LogP contribution in [-0.4, -0.2) is 26.9 Å². The molecule has 3 aromatic rings. The van der Waals surface area contributed by atoms with Crippen LogP contribution < -0.4 is 5.56 Å². The molecule has 1 fully saturated rings. The van der Waals surface area contributed by atoms with E-state index in [1.54, 1.807) is 22.8 Å². The van der Waals surface area contributed by atoms with Crippen LogP contribution in [0.1, 0.15) is 77.1 Å². The molecule has 0 saturated heterocycles. The van der Waals surface area contributed by atoms with Crippen LogP contribution >= 0.6 is 0 Å². The highest BCUT2D eigenvalue weighted by molar-refractivity contribution is 5.80. The Labute approximate surface area is 200 Å². The average molecular weight is 464 g/mol. The molecule has 0 radical (unpaired) electrons. The van der Waals surface area contributed by atoms with Crippen molar-refractivity contribution in [2.45, 2.75) is 71.3 Å². The number of aromatic nitrogens is 2. The molecule has 1 aromatic heterocycles. The quantitative estimate of drug-likeness (QED) is 0.356. The fraction of sp³-hybridized carbons (Fsp3) is 0.464. The molecule has 180 valence electrons. The number of amides is 1. The lowest BCUT2D eigenvalue weighted by Gasteiger charge is -2.34. The zero-order chi connectivity index (χ0) is 24.1. The third-order valence-electron chi connectivity index (χ3n) is 6.94. The van der Waals surface area contributed by atoms with Gasteiger partial charge in [0.05, 0.1) is 22.6 Å². The molecule has 1 unspecified atom stereocenters. The highest BCUT2D eigenvalue weighted by atomic mass is 19.1. The summed E-state index contributed by atoms with van der Waals surface area (Å²) in [6.07, 6.45) is 7.69. The van der Waals surface area contributed by atoms with E-state index in [0.717, 1.165) is 44.9 Å². The van der Waals surface area contributed by atoms with E-state index in [9.17, 15) is 14.0 Å². The van der Waals surface area contributed by atoms with Crippen molar-refractivity contribution in [2.24, 2.45) is 5.92 Å². The van der Waals surface area contributed by atoms with E-state index in [1.165, 1.54) is 12.1 Å². The molecular weight excluding hydrogens is 429 g/mol. The standard InChI is InChI=1S/C28H34FN3O2/c1-3-5-10-19-31(27(33)20-11-6-7-12-20)25(4-2)26-30-24-14-9-8-13-23(24)28(34)32(26)22-17-15-21(29)16-18-22/h8-9,13-18,20,25H,3-7,10-12,19H2,1-2H3. The number of para-hydroxylation sites is 1. The van der Waals surface area contributed by atoms with Crippen LogP contribution in [0.5, 0.6) is 0 Å². The van der Waals surface area contributed by atoms with Crippen molar-refractivity contribution in [3.05, 3.63) is 70.5 Å². The van der Waals surface area contributed by atoms with Gasteiger partial charge in [-0.15, -0.1) is 0 Å². The molecule has 5 nitrogen and oxygen atoms in total. The van der Waals surface area contributed by atoms with Crippen molar-refractivity contribution < 1.29 is 9.18 Å². The Bertz CT molecular complexity index is 1180. The first-order valence-corrected chi connectivity index (χ1v) is 12.6. The smallest absolute Gasteiger partial charge is 0.266 e. The molecule has 1 saturated carbocycles. The van der Waals surface area contributed by atoms with E-state index in [-0.39, 0.29) is 29.2 Å². The normalized spacial score (nSPS) is 15.0. The number of carbonyl (C=O) groups excluding carboxylic acids is 1. The maximum atomic E-state index is 13.7. The lowest BCUT2D eigenvalue weighted by Crippen LogP contribution is -2.41. The summed E-state index contributed by atoms with van der Waals surface area (Å²) < 4.78 is 15.3. The van der Waals surface area contributed by atoms with Gasteiger partial charge >= 0.3 is 0 Å². The monoisotopic (exact) mass is 463 g/mol. The van der Waals surface area contributed by atoms with Gasteiger partial charge in [0.1, 0.15) is 11.6 Å². The molecule has 1 heterocycles. The summed E-state index contributed by atoms with van der Waals surface area (Å²) in [7, 11) is 0.